The van der Waals surface area contributed by atoms with Gasteiger partial charge in [-0.2, -0.15) is 0 Å². The predicted octanol–water partition coefficient (Wildman–Crippen LogP) is 4.22. The fourth-order valence-corrected chi connectivity index (χ4v) is 3.85. The van der Waals surface area contributed by atoms with Crippen LogP contribution >= 0.6 is 11.3 Å². The van der Waals surface area contributed by atoms with Gasteiger partial charge in [0, 0.05) is 25.0 Å². The normalized spacial score (nSPS) is 18.1. The van der Waals surface area contributed by atoms with E-state index in [2.05, 4.69) is 36.5 Å². The number of hydrogen-bond acceptors (Lipinski definition) is 4. The smallest absolute Gasteiger partial charge is 0.185 e. The van der Waals surface area contributed by atoms with Crippen molar-refractivity contribution in [2.45, 2.75) is 58.4 Å². The van der Waals surface area contributed by atoms with E-state index in [9.17, 15) is 0 Å². The summed E-state index contributed by atoms with van der Waals surface area (Å²) in [6.45, 7) is 6.63. The lowest BCUT2D eigenvalue weighted by molar-refractivity contribution is 0.362. The number of thiazole rings is 1. The molecular formula is C16H29N3S. The number of hydrogen-bond donors (Lipinski definition) is 1. The molecule has 1 aromatic heterocycles. The van der Waals surface area contributed by atoms with E-state index in [1.807, 2.05) is 0 Å². The third-order valence-corrected chi connectivity index (χ3v) is 5.21. The largest absolute Gasteiger partial charge is 0.351 e. The van der Waals surface area contributed by atoms with Crippen LogP contribution < -0.4 is 10.2 Å². The molecule has 1 unspecified atom stereocenters. The van der Waals surface area contributed by atoms with Gasteiger partial charge in [0.05, 0.1) is 5.69 Å². The summed E-state index contributed by atoms with van der Waals surface area (Å²) in [4.78, 5) is 7.17. The molecule has 1 aliphatic rings. The van der Waals surface area contributed by atoms with Crippen molar-refractivity contribution in [1.29, 1.82) is 0 Å². The minimum atomic E-state index is 0.364. The molecular weight excluding hydrogens is 266 g/mol. The Morgan fingerprint density at radius 1 is 1.40 bits per heavy atom. The van der Waals surface area contributed by atoms with E-state index in [1.165, 1.54) is 55.9 Å². The van der Waals surface area contributed by atoms with Crippen molar-refractivity contribution in [2.75, 3.05) is 25.0 Å². The van der Waals surface area contributed by atoms with Crippen LogP contribution in [0.3, 0.4) is 0 Å². The maximum Gasteiger partial charge on any atom is 0.185 e. The molecule has 1 heterocycles. The van der Waals surface area contributed by atoms with Gasteiger partial charge in [-0.3, -0.25) is 0 Å². The molecule has 0 saturated heterocycles. The lowest BCUT2D eigenvalue weighted by Crippen LogP contribution is -2.27. The molecule has 1 saturated carbocycles. The molecule has 1 atom stereocenters. The molecule has 0 radical (unpaired) electrons. The molecule has 0 aliphatic heterocycles. The molecule has 3 nitrogen and oxygen atoms in total. The maximum atomic E-state index is 4.81. The molecule has 20 heavy (non-hydrogen) atoms. The SMILES string of the molecule is CCCNC(C)c1csc(N(C)CC2CCCCC2)n1. The van der Waals surface area contributed by atoms with Crippen LogP contribution in [0.1, 0.15) is 64.1 Å². The predicted molar refractivity (Wildman–Crippen MR) is 88.7 cm³/mol. The summed E-state index contributed by atoms with van der Waals surface area (Å²) in [6.07, 6.45) is 8.23. The second-order valence-corrected chi connectivity index (χ2v) is 6.95. The van der Waals surface area contributed by atoms with Crippen molar-refractivity contribution in [2.24, 2.45) is 5.92 Å². The van der Waals surface area contributed by atoms with Gasteiger partial charge in [0.2, 0.25) is 0 Å². The second-order valence-electron chi connectivity index (χ2n) is 6.12. The lowest BCUT2D eigenvalue weighted by Gasteiger charge is -2.26. The Bertz CT molecular complexity index is 385. The summed E-state index contributed by atoms with van der Waals surface area (Å²) in [5, 5.41) is 6.89. The van der Waals surface area contributed by atoms with E-state index in [0.717, 1.165) is 12.5 Å². The maximum absolute atomic E-state index is 4.81. The van der Waals surface area contributed by atoms with E-state index in [0.29, 0.717) is 6.04 Å². The molecule has 0 spiro atoms. The molecule has 1 aromatic rings. The molecule has 1 aliphatic carbocycles. The van der Waals surface area contributed by atoms with E-state index in [1.54, 1.807) is 11.3 Å². The number of nitrogens with zero attached hydrogens (tertiary/aromatic N) is 2. The first-order valence-electron chi connectivity index (χ1n) is 8.10. The highest BCUT2D eigenvalue weighted by molar-refractivity contribution is 7.13. The fraction of sp³-hybridized carbons (Fsp3) is 0.812. The van der Waals surface area contributed by atoms with Crippen LogP contribution in [0.2, 0.25) is 0 Å². The van der Waals surface area contributed by atoms with Gasteiger partial charge in [0.1, 0.15) is 0 Å². The number of nitrogens with one attached hydrogen (secondary N) is 1. The molecule has 2 rings (SSSR count). The van der Waals surface area contributed by atoms with Crippen LogP contribution in [-0.2, 0) is 0 Å². The third-order valence-electron chi connectivity index (χ3n) is 4.24. The van der Waals surface area contributed by atoms with Gasteiger partial charge in [-0.25, -0.2) is 4.98 Å². The Morgan fingerprint density at radius 3 is 2.85 bits per heavy atom. The van der Waals surface area contributed by atoms with Gasteiger partial charge in [-0.1, -0.05) is 26.2 Å². The second kappa shape index (κ2) is 7.99. The number of rotatable bonds is 7. The molecule has 1 fully saturated rings. The van der Waals surface area contributed by atoms with Crippen molar-refractivity contribution in [3.8, 4) is 0 Å². The lowest BCUT2D eigenvalue weighted by atomic mass is 9.89. The van der Waals surface area contributed by atoms with Crippen LogP contribution in [0.25, 0.3) is 0 Å². The Balaban J connectivity index is 1.86. The van der Waals surface area contributed by atoms with E-state index in [4.69, 9.17) is 4.98 Å². The van der Waals surface area contributed by atoms with Crippen molar-refractivity contribution in [3.63, 3.8) is 0 Å². The summed E-state index contributed by atoms with van der Waals surface area (Å²) in [7, 11) is 2.20. The average molecular weight is 295 g/mol. The fourth-order valence-electron chi connectivity index (χ4n) is 2.95. The summed E-state index contributed by atoms with van der Waals surface area (Å²) >= 11 is 1.78. The van der Waals surface area contributed by atoms with Crippen molar-refractivity contribution < 1.29 is 0 Å². The number of anilines is 1. The quantitative estimate of drug-likeness (QED) is 0.816. The van der Waals surface area contributed by atoms with E-state index < -0.39 is 0 Å². The highest BCUT2D eigenvalue weighted by atomic mass is 32.1. The van der Waals surface area contributed by atoms with Crippen molar-refractivity contribution in [3.05, 3.63) is 11.1 Å². The highest BCUT2D eigenvalue weighted by Crippen LogP contribution is 2.28. The molecule has 114 valence electrons. The Hall–Kier alpha value is -0.610. The van der Waals surface area contributed by atoms with Gasteiger partial charge in [0.15, 0.2) is 5.13 Å². The minimum Gasteiger partial charge on any atom is -0.351 e. The van der Waals surface area contributed by atoms with Crippen LogP contribution in [0.15, 0.2) is 5.38 Å². The topological polar surface area (TPSA) is 28.2 Å². The van der Waals surface area contributed by atoms with E-state index >= 15 is 0 Å². The molecule has 4 heteroatoms. The number of aromatic nitrogens is 1. The zero-order valence-electron chi connectivity index (χ0n) is 13.2. The third kappa shape index (κ3) is 4.45. The molecule has 1 N–H and O–H groups in total. The monoisotopic (exact) mass is 295 g/mol. The van der Waals surface area contributed by atoms with Gasteiger partial charge in [-0.15, -0.1) is 11.3 Å². The van der Waals surface area contributed by atoms with Crippen molar-refractivity contribution in [1.82, 2.24) is 10.3 Å². The first-order valence-corrected chi connectivity index (χ1v) is 8.98. The summed E-state index contributed by atoms with van der Waals surface area (Å²) in [5.41, 5.74) is 1.19. The first-order chi connectivity index (χ1) is 9.70. The summed E-state index contributed by atoms with van der Waals surface area (Å²) in [5.74, 6) is 0.872. The van der Waals surface area contributed by atoms with Crippen LogP contribution in [0, 0.1) is 5.92 Å². The average Bonchev–Trinajstić information content (AvgIpc) is 2.96. The first kappa shape index (κ1) is 15.8. The Kier molecular flexibility index (Phi) is 6.30. The highest BCUT2D eigenvalue weighted by Gasteiger charge is 2.18. The van der Waals surface area contributed by atoms with Gasteiger partial charge in [0.25, 0.3) is 0 Å². The van der Waals surface area contributed by atoms with Crippen LogP contribution in [0.4, 0.5) is 5.13 Å². The zero-order chi connectivity index (χ0) is 14.4. The Labute approximate surface area is 127 Å². The molecule has 0 bridgehead atoms. The molecule has 0 amide bonds. The van der Waals surface area contributed by atoms with Gasteiger partial charge < -0.3 is 10.2 Å². The minimum absolute atomic E-state index is 0.364. The van der Waals surface area contributed by atoms with E-state index in [-0.39, 0.29) is 0 Å². The Morgan fingerprint density at radius 2 is 2.15 bits per heavy atom. The summed E-state index contributed by atoms with van der Waals surface area (Å²) < 4.78 is 0. The summed E-state index contributed by atoms with van der Waals surface area (Å²) in [6, 6.07) is 0.364. The van der Waals surface area contributed by atoms with Crippen molar-refractivity contribution >= 4 is 16.5 Å². The molecule has 0 aromatic carbocycles. The van der Waals surface area contributed by atoms with Gasteiger partial charge in [-0.05, 0) is 38.6 Å². The van der Waals surface area contributed by atoms with Gasteiger partial charge >= 0.3 is 0 Å². The zero-order valence-corrected chi connectivity index (χ0v) is 14.0. The van der Waals surface area contributed by atoms with Crippen LogP contribution in [0.5, 0.6) is 0 Å². The van der Waals surface area contributed by atoms with Crippen LogP contribution in [-0.4, -0.2) is 25.1 Å². The standard InChI is InChI=1S/C16H29N3S/c1-4-10-17-13(2)15-12-20-16(18-15)19(3)11-14-8-6-5-7-9-14/h12-14,17H,4-11H2,1-3H3.